The molecular weight excluding hydrogens is 500 g/mol. The van der Waals surface area contributed by atoms with Gasteiger partial charge in [0.25, 0.3) is 5.91 Å². The molecule has 1 fully saturated rings. The molecule has 0 saturated heterocycles. The Kier molecular flexibility index (Phi) is 9.28. The SMILES string of the molecule is CCN(c1cc(Cl)cc(C(=O)NCc2c(OC)n[nH]c2C)c1C)C1CCC(N(C)Cc2cccnc2)CC1. The Morgan fingerprint density at radius 2 is 1.95 bits per heavy atom. The smallest absolute Gasteiger partial charge is 0.251 e. The number of aromatic amines is 1. The van der Waals surface area contributed by atoms with Gasteiger partial charge in [-0.3, -0.25) is 19.8 Å². The van der Waals surface area contributed by atoms with Gasteiger partial charge in [0.15, 0.2) is 0 Å². The molecule has 2 N–H and O–H groups in total. The van der Waals surface area contributed by atoms with E-state index in [0.29, 0.717) is 35.1 Å². The van der Waals surface area contributed by atoms with E-state index in [9.17, 15) is 4.79 Å². The number of hydrogen-bond acceptors (Lipinski definition) is 6. The van der Waals surface area contributed by atoms with Gasteiger partial charge in [0.1, 0.15) is 0 Å². The minimum Gasteiger partial charge on any atom is -0.480 e. The summed E-state index contributed by atoms with van der Waals surface area (Å²) in [5.74, 6) is 0.329. The lowest BCUT2D eigenvalue weighted by molar-refractivity contribution is 0.0950. The summed E-state index contributed by atoms with van der Waals surface area (Å²) in [5, 5.41) is 10.6. The van der Waals surface area contributed by atoms with E-state index in [0.717, 1.165) is 61.3 Å². The summed E-state index contributed by atoms with van der Waals surface area (Å²) >= 11 is 6.57. The molecule has 1 saturated carbocycles. The number of aromatic nitrogens is 3. The fourth-order valence-electron chi connectivity index (χ4n) is 5.61. The molecule has 2 aromatic heterocycles. The van der Waals surface area contributed by atoms with Crippen LogP contribution in [0.25, 0.3) is 0 Å². The number of carbonyl (C=O) groups is 1. The monoisotopic (exact) mass is 538 g/mol. The van der Waals surface area contributed by atoms with Crippen molar-refractivity contribution >= 4 is 23.2 Å². The zero-order valence-corrected chi connectivity index (χ0v) is 23.8. The van der Waals surface area contributed by atoms with Gasteiger partial charge in [-0.2, -0.15) is 0 Å². The maximum Gasteiger partial charge on any atom is 0.251 e. The quantitative estimate of drug-likeness (QED) is 0.365. The first-order valence-electron chi connectivity index (χ1n) is 13.3. The van der Waals surface area contributed by atoms with E-state index in [2.05, 4.69) is 50.3 Å². The van der Waals surface area contributed by atoms with Gasteiger partial charge in [-0.05, 0) is 82.8 Å². The highest BCUT2D eigenvalue weighted by Crippen LogP contribution is 2.34. The molecule has 0 radical (unpaired) electrons. The Morgan fingerprint density at radius 3 is 2.61 bits per heavy atom. The van der Waals surface area contributed by atoms with Crippen molar-refractivity contribution < 1.29 is 9.53 Å². The minimum atomic E-state index is -0.161. The van der Waals surface area contributed by atoms with Crippen molar-refractivity contribution in [1.29, 1.82) is 0 Å². The Balaban J connectivity index is 1.44. The van der Waals surface area contributed by atoms with Gasteiger partial charge < -0.3 is 15.0 Å². The van der Waals surface area contributed by atoms with E-state index in [1.807, 2.05) is 38.4 Å². The molecule has 2 heterocycles. The molecule has 1 aliphatic rings. The van der Waals surface area contributed by atoms with Crippen LogP contribution in [0.1, 0.15) is 65.3 Å². The molecule has 0 bridgehead atoms. The topological polar surface area (TPSA) is 86.4 Å². The summed E-state index contributed by atoms with van der Waals surface area (Å²) in [5.41, 5.74) is 5.52. The van der Waals surface area contributed by atoms with Crippen molar-refractivity contribution in [2.45, 2.75) is 71.6 Å². The predicted octanol–water partition coefficient (Wildman–Crippen LogP) is 5.28. The molecule has 8 nitrogen and oxygen atoms in total. The zero-order valence-electron chi connectivity index (χ0n) is 23.1. The Bertz CT molecular complexity index is 1220. The predicted molar refractivity (Wildman–Crippen MR) is 152 cm³/mol. The summed E-state index contributed by atoms with van der Waals surface area (Å²) in [6, 6.07) is 8.85. The molecule has 38 heavy (non-hydrogen) atoms. The van der Waals surface area contributed by atoms with E-state index < -0.39 is 0 Å². The van der Waals surface area contributed by atoms with Gasteiger partial charge >= 0.3 is 0 Å². The van der Waals surface area contributed by atoms with E-state index in [4.69, 9.17) is 16.3 Å². The molecule has 3 aromatic rings. The average molecular weight is 539 g/mol. The Morgan fingerprint density at radius 1 is 1.21 bits per heavy atom. The fraction of sp³-hybridized carbons (Fsp3) is 0.483. The largest absolute Gasteiger partial charge is 0.480 e. The number of benzene rings is 1. The van der Waals surface area contributed by atoms with E-state index in [1.54, 1.807) is 13.2 Å². The molecule has 0 atom stereocenters. The number of pyridine rings is 1. The number of nitrogens with one attached hydrogen (secondary N) is 2. The molecular formula is C29H39ClN6O2. The number of methoxy groups -OCH3 is 1. The van der Waals surface area contributed by atoms with Gasteiger partial charge in [-0.25, -0.2) is 0 Å². The molecule has 4 rings (SSSR count). The molecule has 0 spiro atoms. The van der Waals surface area contributed by atoms with Crippen LogP contribution in [0.2, 0.25) is 5.02 Å². The summed E-state index contributed by atoms with van der Waals surface area (Å²) in [6.07, 6.45) is 8.24. The van der Waals surface area contributed by atoms with Crippen LogP contribution in [0.5, 0.6) is 5.88 Å². The van der Waals surface area contributed by atoms with Crippen LogP contribution in [0.3, 0.4) is 0 Å². The third-order valence-electron chi connectivity index (χ3n) is 7.78. The van der Waals surface area contributed by atoms with E-state index in [1.165, 1.54) is 5.56 Å². The lowest BCUT2D eigenvalue weighted by Crippen LogP contribution is -2.43. The second-order valence-electron chi connectivity index (χ2n) is 10.1. The standard InChI is InChI=1S/C29H39ClN6O2/c1-6-36(24-11-9-23(10-12-24)35(4)18-21-8-7-13-31-16-21)27-15-22(30)14-25(19(27)2)28(37)32-17-26-20(3)33-34-29(26)38-5/h7-8,13-16,23-24H,6,9-12,17-18H2,1-5H3,(H,32,37)(H,33,34). The van der Waals surface area contributed by atoms with Crippen LogP contribution in [0.4, 0.5) is 5.69 Å². The number of hydrogen-bond donors (Lipinski definition) is 2. The Labute approximate surface area is 230 Å². The zero-order chi connectivity index (χ0) is 27.2. The molecule has 9 heteroatoms. The van der Waals surface area contributed by atoms with Crippen LogP contribution in [0, 0.1) is 13.8 Å². The molecule has 0 aliphatic heterocycles. The number of carbonyl (C=O) groups excluding carboxylic acids is 1. The first kappa shape index (κ1) is 27.9. The molecule has 1 amide bonds. The van der Waals surface area contributed by atoms with Crippen LogP contribution in [-0.2, 0) is 13.1 Å². The first-order valence-corrected chi connectivity index (χ1v) is 13.7. The maximum absolute atomic E-state index is 13.3. The highest BCUT2D eigenvalue weighted by atomic mass is 35.5. The summed E-state index contributed by atoms with van der Waals surface area (Å²) in [4.78, 5) is 22.4. The summed E-state index contributed by atoms with van der Waals surface area (Å²) in [7, 11) is 3.78. The van der Waals surface area contributed by atoms with Crippen LogP contribution in [0.15, 0.2) is 36.7 Å². The number of anilines is 1. The molecule has 0 unspecified atom stereocenters. The lowest BCUT2D eigenvalue weighted by atomic mass is 9.88. The summed E-state index contributed by atoms with van der Waals surface area (Å²) < 4.78 is 5.30. The van der Waals surface area contributed by atoms with Crippen molar-refractivity contribution in [2.75, 3.05) is 25.6 Å². The number of H-pyrrole nitrogens is 1. The van der Waals surface area contributed by atoms with Gasteiger partial charge in [0, 0.05) is 59.5 Å². The van der Waals surface area contributed by atoms with Crippen molar-refractivity contribution in [3.05, 3.63) is 69.6 Å². The second-order valence-corrected chi connectivity index (χ2v) is 10.6. The number of nitrogens with zero attached hydrogens (tertiary/aromatic N) is 4. The average Bonchev–Trinajstić information content (AvgIpc) is 3.29. The lowest BCUT2D eigenvalue weighted by Gasteiger charge is -2.41. The molecule has 1 aliphatic carbocycles. The molecule has 204 valence electrons. The normalized spacial score (nSPS) is 17.4. The second kappa shape index (κ2) is 12.6. The van der Waals surface area contributed by atoms with Gasteiger partial charge in [-0.15, -0.1) is 5.10 Å². The highest BCUT2D eigenvalue weighted by molar-refractivity contribution is 6.31. The van der Waals surface area contributed by atoms with Crippen LogP contribution >= 0.6 is 11.6 Å². The third kappa shape index (κ3) is 6.30. The van der Waals surface area contributed by atoms with E-state index in [-0.39, 0.29) is 5.91 Å². The van der Waals surface area contributed by atoms with Crippen molar-refractivity contribution in [2.24, 2.45) is 0 Å². The maximum atomic E-state index is 13.3. The minimum absolute atomic E-state index is 0.161. The first-order chi connectivity index (χ1) is 18.3. The Hall–Kier alpha value is -3.10. The highest BCUT2D eigenvalue weighted by Gasteiger charge is 2.29. The van der Waals surface area contributed by atoms with E-state index >= 15 is 0 Å². The van der Waals surface area contributed by atoms with Gasteiger partial charge in [0.2, 0.25) is 5.88 Å². The number of ether oxygens (including phenoxy) is 1. The number of amides is 1. The summed E-state index contributed by atoms with van der Waals surface area (Å²) in [6.45, 7) is 8.18. The van der Waals surface area contributed by atoms with Crippen LogP contribution in [-0.4, -0.2) is 58.8 Å². The number of aryl methyl sites for hydroxylation is 1. The van der Waals surface area contributed by atoms with Crippen molar-refractivity contribution in [3.63, 3.8) is 0 Å². The third-order valence-corrected chi connectivity index (χ3v) is 8.00. The number of rotatable bonds is 10. The van der Waals surface area contributed by atoms with Crippen molar-refractivity contribution in [1.82, 2.24) is 25.4 Å². The van der Waals surface area contributed by atoms with Gasteiger partial charge in [-0.1, -0.05) is 17.7 Å². The molecule has 1 aromatic carbocycles. The van der Waals surface area contributed by atoms with Crippen LogP contribution < -0.4 is 15.0 Å². The number of halogens is 1. The fourth-order valence-corrected chi connectivity index (χ4v) is 5.83. The van der Waals surface area contributed by atoms with Gasteiger partial charge in [0.05, 0.1) is 19.2 Å². The van der Waals surface area contributed by atoms with Crippen molar-refractivity contribution in [3.8, 4) is 5.88 Å².